The topological polar surface area (TPSA) is 73.1 Å². The monoisotopic (exact) mass is 286 g/mol. The fourth-order valence-electron chi connectivity index (χ4n) is 1.73. The normalized spacial score (nSPS) is 19.9. The Bertz CT molecular complexity index is 355. The van der Waals surface area contributed by atoms with Crippen LogP contribution in [0.5, 0.6) is 0 Å². The lowest BCUT2D eigenvalue weighted by molar-refractivity contribution is 0.107. The maximum absolute atomic E-state index is 5.65. The Labute approximate surface area is 103 Å². The number of nitrogen functional groups attached to an aromatic ring is 1. The van der Waals surface area contributed by atoms with Gasteiger partial charge < -0.3 is 15.8 Å². The number of hydrogen-bond donors (Lipinski definition) is 2. The zero-order chi connectivity index (χ0) is 11.4. The molecule has 2 heterocycles. The molecule has 88 valence electrons. The van der Waals surface area contributed by atoms with Crippen molar-refractivity contribution in [1.82, 2.24) is 9.97 Å². The van der Waals surface area contributed by atoms with Crippen molar-refractivity contribution in [3.63, 3.8) is 0 Å². The van der Waals surface area contributed by atoms with E-state index in [9.17, 15) is 0 Å². The zero-order valence-corrected chi connectivity index (χ0v) is 10.5. The van der Waals surface area contributed by atoms with Crippen LogP contribution in [0.3, 0.4) is 0 Å². The van der Waals surface area contributed by atoms with Crippen molar-refractivity contribution in [2.45, 2.75) is 25.4 Å². The number of nitrogens with zero attached hydrogens (tertiary/aromatic N) is 2. The van der Waals surface area contributed by atoms with Gasteiger partial charge in [-0.15, -0.1) is 0 Å². The van der Waals surface area contributed by atoms with Crippen LogP contribution in [0.1, 0.15) is 19.3 Å². The molecule has 1 atom stereocenters. The Kier molecular flexibility index (Phi) is 3.95. The molecule has 1 saturated heterocycles. The summed E-state index contributed by atoms with van der Waals surface area (Å²) in [6.07, 6.45) is 5.18. The van der Waals surface area contributed by atoms with Crippen molar-refractivity contribution in [2.24, 2.45) is 0 Å². The summed E-state index contributed by atoms with van der Waals surface area (Å²) < 4.78 is 6.26. The highest BCUT2D eigenvalue weighted by Gasteiger charge is 2.15. The van der Waals surface area contributed by atoms with Crippen LogP contribution in [-0.4, -0.2) is 29.2 Å². The van der Waals surface area contributed by atoms with Crippen molar-refractivity contribution in [1.29, 1.82) is 0 Å². The van der Waals surface area contributed by atoms with E-state index in [1.807, 2.05) is 0 Å². The SMILES string of the molecule is Nc1ncnc(NCCC2CCCO2)c1Br. The van der Waals surface area contributed by atoms with Crippen LogP contribution in [0.15, 0.2) is 10.8 Å². The minimum absolute atomic E-state index is 0.394. The largest absolute Gasteiger partial charge is 0.383 e. The van der Waals surface area contributed by atoms with E-state index in [4.69, 9.17) is 10.5 Å². The van der Waals surface area contributed by atoms with Crippen LogP contribution >= 0.6 is 15.9 Å². The van der Waals surface area contributed by atoms with Gasteiger partial charge in [0.1, 0.15) is 22.4 Å². The molecule has 1 unspecified atom stereocenters. The van der Waals surface area contributed by atoms with Crippen LogP contribution in [-0.2, 0) is 4.74 Å². The third-order valence-corrected chi connectivity index (χ3v) is 3.38. The average molecular weight is 287 g/mol. The van der Waals surface area contributed by atoms with E-state index < -0.39 is 0 Å². The number of nitrogens with two attached hydrogens (primary N) is 1. The van der Waals surface area contributed by atoms with E-state index in [0.29, 0.717) is 11.9 Å². The van der Waals surface area contributed by atoms with Crippen LogP contribution in [0.4, 0.5) is 11.6 Å². The molecule has 0 saturated carbocycles. The van der Waals surface area contributed by atoms with Crippen LogP contribution < -0.4 is 11.1 Å². The van der Waals surface area contributed by atoms with Crippen molar-refractivity contribution in [3.8, 4) is 0 Å². The van der Waals surface area contributed by atoms with E-state index in [-0.39, 0.29) is 0 Å². The Hall–Kier alpha value is -0.880. The molecule has 3 N–H and O–H groups in total. The van der Waals surface area contributed by atoms with Gasteiger partial charge in [-0.1, -0.05) is 0 Å². The fourth-order valence-corrected chi connectivity index (χ4v) is 2.08. The minimum atomic E-state index is 0.394. The summed E-state index contributed by atoms with van der Waals surface area (Å²) in [5.41, 5.74) is 5.65. The van der Waals surface area contributed by atoms with Gasteiger partial charge in [-0.3, -0.25) is 0 Å². The molecule has 0 bridgehead atoms. The lowest BCUT2D eigenvalue weighted by Gasteiger charge is -2.11. The molecule has 5 nitrogen and oxygen atoms in total. The molecule has 0 spiro atoms. The Morgan fingerprint density at radius 2 is 2.44 bits per heavy atom. The molecule has 1 aliphatic rings. The summed E-state index contributed by atoms with van der Waals surface area (Å²) in [6, 6.07) is 0. The predicted octanol–water partition coefficient (Wildman–Crippen LogP) is 1.80. The van der Waals surface area contributed by atoms with Crippen molar-refractivity contribution >= 4 is 27.6 Å². The van der Waals surface area contributed by atoms with Gasteiger partial charge in [-0.25, -0.2) is 9.97 Å². The van der Waals surface area contributed by atoms with Gasteiger partial charge in [0, 0.05) is 13.2 Å². The van der Waals surface area contributed by atoms with Gasteiger partial charge in [0.25, 0.3) is 0 Å². The highest BCUT2D eigenvalue weighted by atomic mass is 79.9. The molecule has 0 aliphatic carbocycles. The van der Waals surface area contributed by atoms with Crippen molar-refractivity contribution < 1.29 is 4.74 Å². The number of hydrogen-bond acceptors (Lipinski definition) is 5. The molecule has 1 aromatic rings. The van der Waals surface area contributed by atoms with E-state index >= 15 is 0 Å². The van der Waals surface area contributed by atoms with Gasteiger partial charge in [0.2, 0.25) is 0 Å². The van der Waals surface area contributed by atoms with Gasteiger partial charge in [-0.2, -0.15) is 0 Å². The Balaban J connectivity index is 1.82. The van der Waals surface area contributed by atoms with E-state index in [1.54, 1.807) is 0 Å². The number of aromatic nitrogens is 2. The number of halogens is 1. The van der Waals surface area contributed by atoms with Gasteiger partial charge >= 0.3 is 0 Å². The third-order valence-electron chi connectivity index (χ3n) is 2.60. The highest BCUT2D eigenvalue weighted by Crippen LogP contribution is 2.24. The molecule has 2 rings (SSSR count). The first-order chi connectivity index (χ1) is 7.77. The van der Waals surface area contributed by atoms with Gasteiger partial charge in [0.15, 0.2) is 0 Å². The van der Waals surface area contributed by atoms with Crippen LogP contribution in [0, 0.1) is 0 Å². The molecular weight excluding hydrogens is 272 g/mol. The average Bonchev–Trinajstić information content (AvgIpc) is 2.77. The molecule has 0 radical (unpaired) electrons. The van der Waals surface area contributed by atoms with E-state index in [2.05, 4.69) is 31.2 Å². The third kappa shape index (κ3) is 2.82. The summed E-state index contributed by atoms with van der Waals surface area (Å²) in [7, 11) is 0. The highest BCUT2D eigenvalue weighted by molar-refractivity contribution is 9.10. The summed E-state index contributed by atoms with van der Waals surface area (Å²) in [5.74, 6) is 1.19. The van der Waals surface area contributed by atoms with Gasteiger partial charge in [-0.05, 0) is 35.2 Å². The second-order valence-corrected chi connectivity index (χ2v) is 4.56. The molecule has 16 heavy (non-hydrogen) atoms. The number of rotatable bonds is 4. The molecule has 1 fully saturated rings. The maximum atomic E-state index is 5.65. The Morgan fingerprint density at radius 1 is 1.56 bits per heavy atom. The fraction of sp³-hybridized carbons (Fsp3) is 0.600. The van der Waals surface area contributed by atoms with Crippen molar-refractivity contribution in [2.75, 3.05) is 24.2 Å². The summed E-state index contributed by atoms with van der Waals surface area (Å²) in [6.45, 7) is 1.73. The first-order valence-electron chi connectivity index (χ1n) is 5.39. The van der Waals surface area contributed by atoms with E-state index in [1.165, 1.54) is 12.7 Å². The Morgan fingerprint density at radius 3 is 3.19 bits per heavy atom. The lowest BCUT2D eigenvalue weighted by atomic mass is 10.2. The number of ether oxygens (including phenoxy) is 1. The molecule has 1 aromatic heterocycles. The number of anilines is 2. The minimum Gasteiger partial charge on any atom is -0.383 e. The molecule has 1 aliphatic heterocycles. The standard InChI is InChI=1S/C10H15BrN4O/c11-8-9(12)14-6-15-10(8)13-4-3-7-2-1-5-16-7/h6-7H,1-5H2,(H3,12,13,14,15). The van der Waals surface area contributed by atoms with Crippen LogP contribution in [0.2, 0.25) is 0 Å². The smallest absolute Gasteiger partial charge is 0.145 e. The summed E-state index contributed by atoms with van der Waals surface area (Å²) in [5, 5.41) is 3.22. The molecule has 0 aromatic carbocycles. The first-order valence-corrected chi connectivity index (χ1v) is 6.18. The number of nitrogens with one attached hydrogen (secondary N) is 1. The maximum Gasteiger partial charge on any atom is 0.145 e. The zero-order valence-electron chi connectivity index (χ0n) is 8.95. The van der Waals surface area contributed by atoms with Crippen LogP contribution in [0.25, 0.3) is 0 Å². The quantitative estimate of drug-likeness (QED) is 0.883. The molecule has 0 amide bonds. The first kappa shape index (κ1) is 11.6. The second kappa shape index (κ2) is 5.45. The second-order valence-electron chi connectivity index (χ2n) is 3.77. The van der Waals surface area contributed by atoms with E-state index in [0.717, 1.165) is 36.3 Å². The van der Waals surface area contributed by atoms with Crippen molar-refractivity contribution in [3.05, 3.63) is 10.8 Å². The predicted molar refractivity (Wildman–Crippen MR) is 66.2 cm³/mol. The molecule has 6 heteroatoms. The molecular formula is C10H15BrN4O. The summed E-state index contributed by atoms with van der Waals surface area (Å²) in [4.78, 5) is 7.99. The van der Waals surface area contributed by atoms with Gasteiger partial charge in [0.05, 0.1) is 6.10 Å². The summed E-state index contributed by atoms with van der Waals surface area (Å²) >= 11 is 3.35. The lowest BCUT2D eigenvalue weighted by Crippen LogP contribution is -2.13.